The summed E-state index contributed by atoms with van der Waals surface area (Å²) in [5, 5.41) is 2.70. The summed E-state index contributed by atoms with van der Waals surface area (Å²) in [6, 6.07) is 65.0. The predicted molar refractivity (Wildman–Crippen MR) is 253 cm³/mol. The summed E-state index contributed by atoms with van der Waals surface area (Å²) in [5.74, 6) is 0.394. The van der Waals surface area contributed by atoms with Gasteiger partial charge in [-0.2, -0.15) is 0 Å². The Balaban J connectivity index is 0.921. The first-order valence-electron chi connectivity index (χ1n) is 21.4. The van der Waals surface area contributed by atoms with Crippen LogP contribution in [0.15, 0.2) is 218 Å². The van der Waals surface area contributed by atoms with E-state index in [0.717, 1.165) is 42.7 Å². The molecule has 2 unspecified atom stereocenters. The molecule has 3 aliphatic carbocycles. The van der Waals surface area contributed by atoms with Gasteiger partial charge in [-0.15, -0.1) is 0 Å². The highest BCUT2D eigenvalue weighted by atomic mass is 15.2. The summed E-state index contributed by atoms with van der Waals surface area (Å²) in [6.45, 7) is 0. The molecule has 11 rings (SSSR count). The Morgan fingerprint density at radius 3 is 1.85 bits per heavy atom. The van der Waals surface area contributed by atoms with Crippen molar-refractivity contribution >= 4 is 40.0 Å². The van der Waals surface area contributed by atoms with Crippen molar-refractivity contribution in [3.63, 3.8) is 0 Å². The second-order valence-electron chi connectivity index (χ2n) is 16.3. The third-order valence-corrected chi connectivity index (χ3v) is 12.8. The summed E-state index contributed by atoms with van der Waals surface area (Å²) in [7, 11) is 0. The van der Waals surface area contributed by atoms with E-state index in [1.807, 2.05) is 0 Å². The molecule has 2 heteroatoms. The molecule has 7 aromatic carbocycles. The van der Waals surface area contributed by atoms with Gasteiger partial charge in [0.25, 0.3) is 0 Å². The maximum atomic E-state index is 2.59. The van der Waals surface area contributed by atoms with Gasteiger partial charge in [-0.25, -0.2) is 0 Å². The SMILES string of the molecule is C1=CC2c3ccccc3N(C3=CC(c4ccc(N(c5ccc(-c6ccccc6)cc5)c5ccc(-c6cccc(C7=c8ccccc8=CCC7)c6)cc5)cc4)=CCC3)C2C=C1. The standard InChI is InChI=1S/C58H46N2/c1-2-13-41(14-3-1)42-27-33-49(34-28-42)59(50-35-29-43(30-36-50)46-17-10-19-48(39-46)54-24-12-16-45-15-4-5-21-53(45)54)51-37-31-44(32-38-51)47-18-11-20-52(40-47)60-57-25-8-6-22-55(57)56-23-7-9-26-58(56)60/h1-10,13-19,21-23,25-40,55,57H,11-12,20,24H2. The number of nitrogens with zero attached hydrogens (tertiary/aromatic N) is 2. The van der Waals surface area contributed by atoms with Gasteiger partial charge in [0.2, 0.25) is 0 Å². The maximum Gasteiger partial charge on any atom is 0.0626 e. The summed E-state index contributed by atoms with van der Waals surface area (Å²) < 4.78 is 0. The van der Waals surface area contributed by atoms with Gasteiger partial charge in [-0.05, 0) is 141 Å². The Bertz CT molecular complexity index is 2970. The number of hydrogen-bond acceptors (Lipinski definition) is 2. The minimum atomic E-state index is 0.324. The lowest BCUT2D eigenvalue weighted by Crippen LogP contribution is -2.32. The first-order valence-corrected chi connectivity index (χ1v) is 21.4. The molecule has 1 aliphatic heterocycles. The molecule has 7 aromatic rings. The fourth-order valence-electron chi connectivity index (χ4n) is 9.83. The van der Waals surface area contributed by atoms with Gasteiger partial charge in [-0.1, -0.05) is 164 Å². The highest BCUT2D eigenvalue weighted by Crippen LogP contribution is 2.47. The molecule has 60 heavy (non-hydrogen) atoms. The largest absolute Gasteiger partial charge is 0.337 e. The number of anilines is 4. The molecule has 0 N–H and O–H groups in total. The normalized spacial score (nSPS) is 17.5. The first-order chi connectivity index (χ1) is 29.7. The van der Waals surface area contributed by atoms with Crippen LogP contribution in [0.4, 0.5) is 22.7 Å². The smallest absolute Gasteiger partial charge is 0.0626 e. The fourth-order valence-corrected chi connectivity index (χ4v) is 9.83. The molecule has 0 saturated heterocycles. The van der Waals surface area contributed by atoms with Crippen LogP contribution in [0.2, 0.25) is 0 Å². The highest BCUT2D eigenvalue weighted by Gasteiger charge is 2.38. The Kier molecular flexibility index (Phi) is 9.32. The molecule has 4 aliphatic rings. The lowest BCUT2D eigenvalue weighted by Gasteiger charge is -2.32. The number of para-hydroxylation sites is 1. The van der Waals surface area contributed by atoms with Crippen LogP contribution in [0.5, 0.6) is 0 Å². The molecular formula is C58H46N2. The van der Waals surface area contributed by atoms with Gasteiger partial charge >= 0.3 is 0 Å². The Morgan fingerprint density at radius 1 is 0.467 bits per heavy atom. The molecule has 0 radical (unpaired) electrons. The van der Waals surface area contributed by atoms with Gasteiger partial charge in [-0.3, -0.25) is 0 Å². The number of fused-ring (bicyclic) bond motifs is 4. The molecule has 0 spiro atoms. The zero-order valence-electron chi connectivity index (χ0n) is 33.7. The van der Waals surface area contributed by atoms with E-state index in [0.29, 0.717) is 12.0 Å². The van der Waals surface area contributed by atoms with Crippen molar-refractivity contribution in [3.8, 4) is 22.3 Å². The zero-order valence-corrected chi connectivity index (χ0v) is 33.7. The summed E-state index contributed by atoms with van der Waals surface area (Å²) in [6.07, 6.45) is 20.6. The van der Waals surface area contributed by atoms with E-state index in [4.69, 9.17) is 0 Å². The lowest BCUT2D eigenvalue weighted by atomic mass is 9.91. The van der Waals surface area contributed by atoms with E-state index >= 15 is 0 Å². The average Bonchev–Trinajstić information content (AvgIpc) is 3.67. The van der Waals surface area contributed by atoms with Crippen molar-refractivity contribution in [2.24, 2.45) is 0 Å². The Hall–Kier alpha value is -7.16. The molecular weight excluding hydrogens is 725 g/mol. The lowest BCUT2D eigenvalue weighted by molar-refractivity contribution is 0.702. The van der Waals surface area contributed by atoms with E-state index in [-0.39, 0.29) is 0 Å². The van der Waals surface area contributed by atoms with Crippen LogP contribution in [0.25, 0.3) is 39.5 Å². The Morgan fingerprint density at radius 2 is 1.07 bits per heavy atom. The van der Waals surface area contributed by atoms with E-state index in [1.165, 1.54) is 71.9 Å². The highest BCUT2D eigenvalue weighted by molar-refractivity contribution is 5.84. The van der Waals surface area contributed by atoms with Crippen LogP contribution in [0, 0.1) is 0 Å². The zero-order chi connectivity index (χ0) is 39.8. The summed E-state index contributed by atoms with van der Waals surface area (Å²) >= 11 is 0. The molecule has 2 nitrogen and oxygen atoms in total. The fraction of sp³-hybridized carbons (Fsp3) is 0.103. The van der Waals surface area contributed by atoms with Crippen molar-refractivity contribution < 1.29 is 0 Å². The molecule has 0 bridgehead atoms. The van der Waals surface area contributed by atoms with Crippen LogP contribution < -0.4 is 20.2 Å². The predicted octanol–water partition coefficient (Wildman–Crippen LogP) is 13.4. The Labute approximate surface area is 353 Å². The minimum absolute atomic E-state index is 0.324. The summed E-state index contributed by atoms with van der Waals surface area (Å²) in [4.78, 5) is 4.97. The monoisotopic (exact) mass is 770 g/mol. The summed E-state index contributed by atoms with van der Waals surface area (Å²) in [5.41, 5.74) is 17.7. The van der Waals surface area contributed by atoms with Crippen molar-refractivity contribution in [1.82, 2.24) is 0 Å². The van der Waals surface area contributed by atoms with E-state index in [9.17, 15) is 0 Å². The molecule has 0 saturated carbocycles. The topological polar surface area (TPSA) is 6.48 Å². The van der Waals surface area contributed by atoms with E-state index in [2.05, 4.69) is 228 Å². The molecule has 0 fully saturated rings. The van der Waals surface area contributed by atoms with Gasteiger partial charge in [0.1, 0.15) is 0 Å². The minimum Gasteiger partial charge on any atom is -0.337 e. The van der Waals surface area contributed by atoms with Crippen molar-refractivity contribution in [2.75, 3.05) is 9.80 Å². The molecule has 2 atom stereocenters. The second kappa shape index (κ2) is 15.5. The van der Waals surface area contributed by atoms with Crippen molar-refractivity contribution in [1.29, 1.82) is 0 Å². The van der Waals surface area contributed by atoms with Crippen molar-refractivity contribution in [3.05, 3.63) is 245 Å². The van der Waals surface area contributed by atoms with E-state index < -0.39 is 0 Å². The van der Waals surface area contributed by atoms with E-state index in [1.54, 1.807) is 0 Å². The average molecular weight is 771 g/mol. The van der Waals surface area contributed by atoms with Crippen LogP contribution in [0.3, 0.4) is 0 Å². The first kappa shape index (κ1) is 36.0. The van der Waals surface area contributed by atoms with Crippen LogP contribution in [0.1, 0.15) is 48.3 Å². The van der Waals surface area contributed by atoms with Crippen molar-refractivity contribution in [2.45, 2.75) is 37.6 Å². The number of rotatable bonds is 8. The van der Waals surface area contributed by atoms with Gasteiger partial charge in [0.15, 0.2) is 0 Å². The van der Waals surface area contributed by atoms with Gasteiger partial charge in [0.05, 0.1) is 6.04 Å². The molecule has 0 aromatic heterocycles. The maximum absolute atomic E-state index is 2.59. The van der Waals surface area contributed by atoms with Crippen LogP contribution >= 0.6 is 0 Å². The third-order valence-electron chi connectivity index (χ3n) is 12.8. The number of benzene rings is 7. The number of allylic oxidation sites excluding steroid dienone is 6. The molecule has 1 heterocycles. The number of hydrogen-bond donors (Lipinski definition) is 0. The molecule has 0 amide bonds. The van der Waals surface area contributed by atoms with Crippen LogP contribution in [-0.4, -0.2) is 6.04 Å². The molecule has 288 valence electrons. The quantitative estimate of drug-likeness (QED) is 0.152. The third kappa shape index (κ3) is 6.65. The van der Waals surface area contributed by atoms with Crippen LogP contribution in [-0.2, 0) is 0 Å². The van der Waals surface area contributed by atoms with Gasteiger partial charge < -0.3 is 9.80 Å². The second-order valence-corrected chi connectivity index (χ2v) is 16.3. The van der Waals surface area contributed by atoms with Gasteiger partial charge in [0, 0.05) is 34.4 Å².